The highest BCUT2D eigenvalue weighted by Gasteiger charge is 2.49. The summed E-state index contributed by atoms with van der Waals surface area (Å²) in [6.07, 6.45) is 4.91. The Morgan fingerprint density at radius 3 is 2.21 bits per heavy atom. The molecule has 0 radical (unpaired) electrons. The second kappa shape index (κ2) is 6.09. The molecule has 0 bridgehead atoms. The van der Waals surface area contributed by atoms with E-state index >= 15 is 0 Å². The van der Waals surface area contributed by atoms with Crippen molar-refractivity contribution in [3.8, 4) is 0 Å². The third-order valence-corrected chi connectivity index (χ3v) is 4.62. The number of benzene rings is 1. The molecule has 1 aliphatic carbocycles. The largest absolute Gasteiger partial charge is 0.313 e. The molecule has 0 amide bonds. The van der Waals surface area contributed by atoms with E-state index in [2.05, 4.69) is 57.3 Å². The Morgan fingerprint density at radius 1 is 1.16 bits per heavy atom. The van der Waals surface area contributed by atoms with E-state index in [1.807, 2.05) is 0 Å². The topological polar surface area (TPSA) is 12.0 Å². The molecule has 0 aromatic heterocycles. The molecular formula is C18H29N. The lowest BCUT2D eigenvalue weighted by atomic mass is 9.96. The lowest BCUT2D eigenvalue weighted by Crippen LogP contribution is -2.35. The van der Waals surface area contributed by atoms with Crippen LogP contribution in [-0.4, -0.2) is 12.6 Å². The molecule has 0 saturated heterocycles. The third kappa shape index (κ3) is 3.82. The van der Waals surface area contributed by atoms with Crippen molar-refractivity contribution in [1.29, 1.82) is 0 Å². The normalized spacial score (nSPS) is 22.2. The third-order valence-electron chi connectivity index (χ3n) is 4.62. The predicted octanol–water partition coefficient (Wildman–Crippen LogP) is 4.21. The van der Waals surface area contributed by atoms with E-state index in [-0.39, 0.29) is 0 Å². The molecule has 2 rings (SSSR count). The van der Waals surface area contributed by atoms with Gasteiger partial charge in [-0.25, -0.2) is 0 Å². The van der Waals surface area contributed by atoms with Crippen LogP contribution in [0.4, 0.5) is 0 Å². The first-order chi connectivity index (χ1) is 9.06. The summed E-state index contributed by atoms with van der Waals surface area (Å²) in [6.45, 7) is 10.4. The molecule has 0 spiro atoms. The fourth-order valence-electron chi connectivity index (χ4n) is 3.05. The summed E-state index contributed by atoms with van der Waals surface area (Å²) in [5, 5.41) is 3.76. The number of hydrogen-bond donors (Lipinski definition) is 1. The minimum absolute atomic E-state index is 0.550. The van der Waals surface area contributed by atoms with Gasteiger partial charge in [0.15, 0.2) is 0 Å². The van der Waals surface area contributed by atoms with E-state index < -0.39 is 0 Å². The van der Waals surface area contributed by atoms with Crippen LogP contribution in [0, 0.1) is 11.3 Å². The van der Waals surface area contributed by atoms with Crippen LogP contribution in [0.25, 0.3) is 0 Å². The monoisotopic (exact) mass is 259 g/mol. The summed E-state index contributed by atoms with van der Waals surface area (Å²) < 4.78 is 0. The van der Waals surface area contributed by atoms with Gasteiger partial charge in [0.2, 0.25) is 0 Å². The number of aryl methyl sites for hydroxylation is 1. The second-order valence-corrected chi connectivity index (χ2v) is 6.73. The van der Waals surface area contributed by atoms with Gasteiger partial charge in [0.1, 0.15) is 0 Å². The summed E-state index contributed by atoms with van der Waals surface area (Å²) in [5.41, 5.74) is 3.47. The van der Waals surface area contributed by atoms with Crippen molar-refractivity contribution in [3.63, 3.8) is 0 Å². The minimum Gasteiger partial charge on any atom is -0.313 e. The Bertz CT molecular complexity index is 391. The number of nitrogens with one attached hydrogen (secondary N) is 1. The maximum absolute atomic E-state index is 3.76. The van der Waals surface area contributed by atoms with E-state index in [0.29, 0.717) is 11.5 Å². The zero-order valence-electron chi connectivity index (χ0n) is 13.0. The maximum atomic E-state index is 3.76. The fourth-order valence-corrected chi connectivity index (χ4v) is 3.05. The van der Waals surface area contributed by atoms with Crippen LogP contribution in [0.2, 0.25) is 0 Å². The molecule has 0 aliphatic heterocycles. The summed E-state index contributed by atoms with van der Waals surface area (Å²) in [7, 11) is 0. The van der Waals surface area contributed by atoms with Gasteiger partial charge in [-0.3, -0.25) is 0 Å². The van der Waals surface area contributed by atoms with Gasteiger partial charge in [-0.15, -0.1) is 0 Å². The molecular weight excluding hydrogens is 230 g/mol. The van der Waals surface area contributed by atoms with Crippen molar-refractivity contribution >= 4 is 0 Å². The van der Waals surface area contributed by atoms with Gasteiger partial charge in [-0.1, -0.05) is 52.0 Å². The molecule has 19 heavy (non-hydrogen) atoms. The SMILES string of the molecule is CCCNC(Cc1ccc(CC)cc1)C1CC1(C)C. The average molecular weight is 259 g/mol. The highest BCUT2D eigenvalue weighted by molar-refractivity contribution is 5.24. The first-order valence-electron chi connectivity index (χ1n) is 7.88. The van der Waals surface area contributed by atoms with Gasteiger partial charge in [-0.05, 0) is 54.7 Å². The summed E-state index contributed by atoms with van der Waals surface area (Å²) in [4.78, 5) is 0. The van der Waals surface area contributed by atoms with Gasteiger partial charge < -0.3 is 5.32 Å². The van der Waals surface area contributed by atoms with E-state index in [1.165, 1.54) is 30.4 Å². The smallest absolute Gasteiger partial charge is 0.0141 e. The van der Waals surface area contributed by atoms with Gasteiger partial charge in [0.25, 0.3) is 0 Å². The van der Waals surface area contributed by atoms with Crippen molar-refractivity contribution in [2.75, 3.05) is 6.54 Å². The van der Waals surface area contributed by atoms with Crippen LogP contribution < -0.4 is 5.32 Å². The van der Waals surface area contributed by atoms with E-state index in [9.17, 15) is 0 Å². The standard InChI is InChI=1S/C18H29N/c1-5-11-19-17(16-13-18(16,3)4)12-15-9-7-14(6-2)8-10-15/h7-10,16-17,19H,5-6,11-13H2,1-4H3. The molecule has 0 heterocycles. The van der Waals surface area contributed by atoms with Gasteiger partial charge in [0, 0.05) is 6.04 Å². The molecule has 1 aromatic rings. The van der Waals surface area contributed by atoms with Crippen molar-refractivity contribution in [1.82, 2.24) is 5.32 Å². The lowest BCUT2D eigenvalue weighted by molar-refractivity contribution is 0.402. The molecule has 1 N–H and O–H groups in total. The number of hydrogen-bond acceptors (Lipinski definition) is 1. The maximum Gasteiger partial charge on any atom is 0.0141 e. The second-order valence-electron chi connectivity index (χ2n) is 6.73. The molecule has 1 aliphatic rings. The summed E-state index contributed by atoms with van der Waals surface area (Å²) in [6, 6.07) is 9.85. The van der Waals surface area contributed by atoms with Crippen molar-refractivity contribution < 1.29 is 0 Å². The van der Waals surface area contributed by atoms with Gasteiger partial charge in [0.05, 0.1) is 0 Å². The average Bonchev–Trinajstić information content (AvgIpc) is 3.04. The zero-order chi connectivity index (χ0) is 13.9. The Hall–Kier alpha value is -0.820. The molecule has 106 valence electrons. The molecule has 1 nitrogen and oxygen atoms in total. The zero-order valence-corrected chi connectivity index (χ0v) is 13.0. The van der Waals surface area contributed by atoms with E-state index in [1.54, 1.807) is 0 Å². The highest BCUT2D eigenvalue weighted by Crippen LogP contribution is 2.54. The Kier molecular flexibility index (Phi) is 4.67. The van der Waals surface area contributed by atoms with Gasteiger partial charge in [-0.2, -0.15) is 0 Å². The van der Waals surface area contributed by atoms with Crippen molar-refractivity contribution in [3.05, 3.63) is 35.4 Å². The molecule has 2 atom stereocenters. The van der Waals surface area contributed by atoms with Crippen molar-refractivity contribution in [2.24, 2.45) is 11.3 Å². The minimum atomic E-state index is 0.550. The van der Waals surface area contributed by atoms with Crippen LogP contribution in [0.15, 0.2) is 24.3 Å². The lowest BCUT2D eigenvalue weighted by Gasteiger charge is -2.20. The molecule has 1 heteroatoms. The molecule has 2 unspecified atom stereocenters. The van der Waals surface area contributed by atoms with Crippen LogP contribution in [0.5, 0.6) is 0 Å². The Labute approximate surface area is 118 Å². The molecule has 1 aromatic carbocycles. The fraction of sp³-hybridized carbons (Fsp3) is 0.667. The van der Waals surface area contributed by atoms with Crippen molar-refractivity contribution in [2.45, 2.75) is 59.4 Å². The Morgan fingerprint density at radius 2 is 1.74 bits per heavy atom. The van der Waals surface area contributed by atoms with Crippen LogP contribution >= 0.6 is 0 Å². The number of rotatable bonds is 7. The van der Waals surface area contributed by atoms with Crippen LogP contribution in [0.3, 0.4) is 0 Å². The van der Waals surface area contributed by atoms with Crippen LogP contribution in [-0.2, 0) is 12.8 Å². The first kappa shape index (κ1) is 14.6. The predicted molar refractivity (Wildman–Crippen MR) is 83.5 cm³/mol. The van der Waals surface area contributed by atoms with Gasteiger partial charge >= 0.3 is 0 Å². The molecule has 1 fully saturated rings. The first-order valence-corrected chi connectivity index (χ1v) is 7.88. The van der Waals surface area contributed by atoms with E-state index in [0.717, 1.165) is 18.9 Å². The molecule has 1 saturated carbocycles. The summed E-state index contributed by atoms with van der Waals surface area (Å²) >= 11 is 0. The Balaban J connectivity index is 1.98. The summed E-state index contributed by atoms with van der Waals surface area (Å²) in [5.74, 6) is 0.852. The highest BCUT2D eigenvalue weighted by atomic mass is 14.9. The quantitative estimate of drug-likeness (QED) is 0.773. The van der Waals surface area contributed by atoms with Crippen LogP contribution in [0.1, 0.15) is 51.7 Å². The van der Waals surface area contributed by atoms with E-state index in [4.69, 9.17) is 0 Å².